The minimum Gasteiger partial charge on any atom is -0.431 e. The van der Waals surface area contributed by atoms with Crippen molar-refractivity contribution in [2.75, 3.05) is 7.05 Å². The predicted octanol–water partition coefficient (Wildman–Crippen LogP) is 4.27. The fraction of sp³-hybridized carbons (Fsp3) is 0.789. The van der Waals surface area contributed by atoms with Gasteiger partial charge in [-0.05, 0) is 67.8 Å². The zero-order chi connectivity index (χ0) is 15.5. The first kappa shape index (κ1) is 14.5. The van der Waals surface area contributed by atoms with E-state index in [1.807, 2.05) is 7.05 Å². The molecule has 0 radical (unpaired) electrons. The molecular weight excluding hydrogens is 274 g/mol. The molecule has 0 N–H and O–H groups in total. The summed E-state index contributed by atoms with van der Waals surface area (Å²) < 4.78 is 5.98. The van der Waals surface area contributed by atoms with Crippen LogP contribution in [0, 0.1) is 22.7 Å². The average molecular weight is 301 g/mol. The lowest BCUT2D eigenvalue weighted by molar-refractivity contribution is -0.163. The number of carbonyl (C=O) groups is 1. The molecule has 120 valence electrons. The molecule has 4 atom stereocenters. The maximum absolute atomic E-state index is 12.7. The van der Waals surface area contributed by atoms with Gasteiger partial charge in [0, 0.05) is 18.7 Å². The summed E-state index contributed by atoms with van der Waals surface area (Å²) in [6.07, 6.45) is 9.06. The summed E-state index contributed by atoms with van der Waals surface area (Å²) in [6, 6.07) is 0. The van der Waals surface area contributed by atoms with Crippen LogP contribution in [-0.2, 0) is 9.53 Å². The summed E-state index contributed by atoms with van der Waals surface area (Å²) in [5, 5.41) is 0. The molecule has 0 spiro atoms. The third-order valence-corrected chi connectivity index (χ3v) is 7.28. The van der Waals surface area contributed by atoms with Gasteiger partial charge in [-0.3, -0.25) is 9.79 Å². The molecule has 0 aromatic heterocycles. The number of hydrogen-bond acceptors (Lipinski definition) is 3. The summed E-state index contributed by atoms with van der Waals surface area (Å²) in [4.78, 5) is 17.1. The maximum Gasteiger partial charge on any atom is 0.314 e. The Bertz CT molecular complexity index is 590. The molecule has 1 aliphatic heterocycles. The van der Waals surface area contributed by atoms with Crippen LogP contribution in [0.2, 0.25) is 0 Å². The SMILES string of the molecule is CN=C1CCC2(C)C(C1)C(=O)OC1=C3CCCC3(C)CCC12. The van der Waals surface area contributed by atoms with E-state index in [2.05, 4.69) is 18.8 Å². The Labute approximate surface area is 133 Å². The van der Waals surface area contributed by atoms with Crippen LogP contribution < -0.4 is 0 Å². The second kappa shape index (κ2) is 4.69. The molecule has 3 fully saturated rings. The van der Waals surface area contributed by atoms with Gasteiger partial charge in [0.2, 0.25) is 0 Å². The van der Waals surface area contributed by atoms with Gasteiger partial charge in [0.05, 0.1) is 5.92 Å². The highest BCUT2D eigenvalue weighted by molar-refractivity contribution is 5.91. The van der Waals surface area contributed by atoms with Crippen molar-refractivity contribution < 1.29 is 9.53 Å². The van der Waals surface area contributed by atoms with Gasteiger partial charge in [0.15, 0.2) is 0 Å². The van der Waals surface area contributed by atoms with Crippen molar-refractivity contribution in [3.8, 4) is 0 Å². The Morgan fingerprint density at radius 2 is 1.95 bits per heavy atom. The zero-order valence-electron chi connectivity index (χ0n) is 14.1. The van der Waals surface area contributed by atoms with E-state index in [1.54, 1.807) is 0 Å². The van der Waals surface area contributed by atoms with Crippen LogP contribution >= 0.6 is 0 Å². The predicted molar refractivity (Wildman–Crippen MR) is 86.6 cm³/mol. The van der Waals surface area contributed by atoms with Crippen molar-refractivity contribution >= 4 is 11.7 Å². The van der Waals surface area contributed by atoms with E-state index in [1.165, 1.54) is 37.0 Å². The summed E-state index contributed by atoms with van der Waals surface area (Å²) in [6.45, 7) is 4.72. The molecule has 4 rings (SSSR count). The Balaban J connectivity index is 1.77. The lowest BCUT2D eigenvalue weighted by atomic mass is 9.54. The van der Waals surface area contributed by atoms with Gasteiger partial charge in [-0.2, -0.15) is 0 Å². The smallest absolute Gasteiger partial charge is 0.314 e. The van der Waals surface area contributed by atoms with Crippen molar-refractivity contribution in [3.63, 3.8) is 0 Å². The average Bonchev–Trinajstić information content (AvgIpc) is 2.89. The number of allylic oxidation sites excluding steroid dienone is 2. The fourth-order valence-electron chi connectivity index (χ4n) is 5.68. The Kier molecular flexibility index (Phi) is 3.08. The molecule has 0 aromatic carbocycles. The Morgan fingerprint density at radius 1 is 1.14 bits per heavy atom. The molecule has 3 heteroatoms. The van der Waals surface area contributed by atoms with Crippen LogP contribution in [0.15, 0.2) is 16.3 Å². The topological polar surface area (TPSA) is 38.7 Å². The van der Waals surface area contributed by atoms with Crippen LogP contribution in [0.3, 0.4) is 0 Å². The minimum absolute atomic E-state index is 0.0123. The second-order valence-corrected chi connectivity index (χ2v) is 8.32. The van der Waals surface area contributed by atoms with Crippen LogP contribution in [-0.4, -0.2) is 18.7 Å². The van der Waals surface area contributed by atoms with Gasteiger partial charge in [-0.1, -0.05) is 13.8 Å². The molecule has 4 unspecified atom stereocenters. The highest BCUT2D eigenvalue weighted by atomic mass is 16.5. The van der Waals surface area contributed by atoms with Gasteiger partial charge in [0.25, 0.3) is 0 Å². The van der Waals surface area contributed by atoms with Gasteiger partial charge >= 0.3 is 5.97 Å². The third kappa shape index (κ3) is 1.80. The molecule has 1 saturated heterocycles. The minimum atomic E-state index is 0.0123. The molecule has 1 heterocycles. The van der Waals surface area contributed by atoms with E-state index in [9.17, 15) is 4.79 Å². The fourth-order valence-corrected chi connectivity index (χ4v) is 5.68. The first-order valence-corrected chi connectivity index (χ1v) is 8.88. The lowest BCUT2D eigenvalue weighted by Crippen LogP contribution is -2.51. The van der Waals surface area contributed by atoms with Gasteiger partial charge < -0.3 is 4.74 Å². The van der Waals surface area contributed by atoms with Crippen LogP contribution in [0.5, 0.6) is 0 Å². The van der Waals surface area contributed by atoms with Crippen LogP contribution in [0.25, 0.3) is 0 Å². The largest absolute Gasteiger partial charge is 0.431 e. The van der Waals surface area contributed by atoms with Crippen LogP contribution in [0.1, 0.15) is 65.2 Å². The standard InChI is InChI=1S/C19H27NO2/c1-18-8-4-5-13(18)16-14(7-9-18)19(2)10-6-12(20-3)11-15(19)17(21)22-16/h14-15H,4-11H2,1-3H3. The molecule has 3 aliphatic carbocycles. The third-order valence-electron chi connectivity index (χ3n) is 7.28. The normalized spacial score (nSPS) is 46.1. The Morgan fingerprint density at radius 3 is 2.73 bits per heavy atom. The molecule has 4 aliphatic rings. The number of ether oxygens (including phenoxy) is 1. The van der Waals surface area contributed by atoms with E-state index in [4.69, 9.17) is 4.74 Å². The van der Waals surface area contributed by atoms with Gasteiger partial charge in [0.1, 0.15) is 5.76 Å². The number of nitrogens with zero attached hydrogens (tertiary/aromatic N) is 1. The number of fused-ring (bicyclic) bond motifs is 4. The van der Waals surface area contributed by atoms with Crippen molar-refractivity contribution in [2.24, 2.45) is 27.7 Å². The number of carbonyl (C=O) groups excluding carboxylic acids is 1. The van der Waals surface area contributed by atoms with E-state index in [-0.39, 0.29) is 17.3 Å². The molecule has 0 aromatic rings. The van der Waals surface area contributed by atoms with E-state index in [0.29, 0.717) is 11.3 Å². The second-order valence-electron chi connectivity index (χ2n) is 8.32. The summed E-state index contributed by atoms with van der Waals surface area (Å²) in [7, 11) is 1.85. The summed E-state index contributed by atoms with van der Waals surface area (Å²) in [5.74, 6) is 1.57. The zero-order valence-corrected chi connectivity index (χ0v) is 14.1. The summed E-state index contributed by atoms with van der Waals surface area (Å²) >= 11 is 0. The molecule has 2 saturated carbocycles. The molecule has 3 nitrogen and oxygen atoms in total. The number of rotatable bonds is 0. The van der Waals surface area contributed by atoms with E-state index < -0.39 is 0 Å². The monoisotopic (exact) mass is 301 g/mol. The molecule has 22 heavy (non-hydrogen) atoms. The quantitative estimate of drug-likeness (QED) is 0.627. The maximum atomic E-state index is 12.7. The summed E-state index contributed by atoms with van der Waals surface area (Å²) in [5.41, 5.74) is 3.05. The molecule has 0 bridgehead atoms. The van der Waals surface area contributed by atoms with Crippen molar-refractivity contribution in [2.45, 2.75) is 65.2 Å². The lowest BCUT2D eigenvalue weighted by Gasteiger charge is -2.53. The Hall–Kier alpha value is -1.12. The molecule has 0 amide bonds. The van der Waals surface area contributed by atoms with Crippen LogP contribution in [0.4, 0.5) is 0 Å². The molecular formula is C19H27NO2. The first-order chi connectivity index (χ1) is 10.5. The van der Waals surface area contributed by atoms with Gasteiger partial charge in [-0.15, -0.1) is 0 Å². The number of hydrogen-bond donors (Lipinski definition) is 0. The van der Waals surface area contributed by atoms with E-state index >= 15 is 0 Å². The highest BCUT2D eigenvalue weighted by Crippen LogP contribution is 2.61. The van der Waals surface area contributed by atoms with Gasteiger partial charge in [-0.25, -0.2) is 0 Å². The highest BCUT2D eigenvalue weighted by Gasteiger charge is 2.57. The van der Waals surface area contributed by atoms with Crippen molar-refractivity contribution in [1.82, 2.24) is 0 Å². The van der Waals surface area contributed by atoms with E-state index in [0.717, 1.165) is 31.4 Å². The first-order valence-electron chi connectivity index (χ1n) is 8.88. The van der Waals surface area contributed by atoms with Crippen molar-refractivity contribution in [1.29, 1.82) is 0 Å². The number of esters is 1. The van der Waals surface area contributed by atoms with Crippen molar-refractivity contribution in [3.05, 3.63) is 11.3 Å². The number of aliphatic imine (C=N–C) groups is 1.